The van der Waals surface area contributed by atoms with E-state index in [2.05, 4.69) is 30.2 Å². The molecular formula is C30H33ClN6O5S. The first kappa shape index (κ1) is 30.5. The molecule has 0 atom stereocenters. The van der Waals surface area contributed by atoms with E-state index < -0.39 is 15.6 Å². The van der Waals surface area contributed by atoms with Crippen molar-refractivity contribution in [1.29, 1.82) is 0 Å². The van der Waals surface area contributed by atoms with Crippen molar-refractivity contribution in [1.82, 2.24) is 20.2 Å². The molecule has 1 saturated heterocycles. The lowest BCUT2D eigenvalue weighted by Gasteiger charge is -2.35. The third-order valence-electron chi connectivity index (χ3n) is 6.81. The van der Waals surface area contributed by atoms with Gasteiger partial charge in [-0.2, -0.15) is 0 Å². The number of ether oxygens (including phenoxy) is 2. The predicted octanol–water partition coefficient (Wildman–Crippen LogP) is 4.68. The average Bonchev–Trinajstić information content (AvgIpc) is 2.98. The third-order valence-corrected chi connectivity index (χ3v) is 8.48. The Hall–Kier alpha value is -3.97. The van der Waals surface area contributed by atoms with Crippen molar-refractivity contribution in [3.63, 3.8) is 0 Å². The number of carbonyl (C=O) groups is 1. The van der Waals surface area contributed by atoms with Crippen LogP contribution in [-0.2, 0) is 14.8 Å². The van der Waals surface area contributed by atoms with Crippen molar-refractivity contribution in [2.75, 3.05) is 50.0 Å². The highest BCUT2D eigenvalue weighted by molar-refractivity contribution is 7.92. The number of nitrogens with zero attached hydrogens (tertiary/aromatic N) is 3. The summed E-state index contributed by atoms with van der Waals surface area (Å²) in [4.78, 5) is 24.5. The zero-order valence-electron chi connectivity index (χ0n) is 24.1. The number of sulfonamides is 1. The number of aromatic nitrogens is 2. The molecule has 0 unspecified atom stereocenters. The van der Waals surface area contributed by atoms with E-state index in [4.69, 9.17) is 21.1 Å². The number of carbonyl (C=O) groups excluding carboxylic acids is 1. The van der Waals surface area contributed by atoms with Crippen LogP contribution in [0.15, 0.2) is 71.6 Å². The molecule has 5 rings (SSSR count). The highest BCUT2D eigenvalue weighted by atomic mass is 35.5. The average molecular weight is 625 g/mol. The van der Waals surface area contributed by atoms with E-state index in [1.54, 1.807) is 42.5 Å². The van der Waals surface area contributed by atoms with Crippen LogP contribution in [0.2, 0.25) is 5.02 Å². The smallest absolute Gasteiger partial charge is 0.263 e. The van der Waals surface area contributed by atoms with Gasteiger partial charge in [-0.15, -0.1) is 0 Å². The Morgan fingerprint density at radius 2 is 1.70 bits per heavy atom. The summed E-state index contributed by atoms with van der Waals surface area (Å²) in [6.45, 7) is 7.39. The van der Waals surface area contributed by atoms with Crippen molar-refractivity contribution in [2.24, 2.45) is 0 Å². The molecule has 1 aliphatic rings. The van der Waals surface area contributed by atoms with Gasteiger partial charge in [-0.05, 0) is 56.3 Å². The Morgan fingerprint density at radius 1 is 1.00 bits per heavy atom. The number of hydrogen-bond acceptors (Lipinski definition) is 9. The lowest BCUT2D eigenvalue weighted by molar-refractivity contribution is 0.0269. The number of rotatable bonds is 10. The maximum Gasteiger partial charge on any atom is 0.263 e. The Labute approximate surface area is 255 Å². The van der Waals surface area contributed by atoms with Gasteiger partial charge in [0.1, 0.15) is 5.75 Å². The lowest BCUT2D eigenvalue weighted by Crippen LogP contribution is -2.53. The Bertz CT molecular complexity index is 1740. The van der Waals surface area contributed by atoms with Crippen LogP contribution in [0.1, 0.15) is 24.2 Å². The molecule has 2 heterocycles. The second-order valence-corrected chi connectivity index (χ2v) is 12.8. The number of fused-ring (bicyclic) bond motifs is 1. The Balaban J connectivity index is 1.41. The fourth-order valence-corrected chi connectivity index (χ4v) is 5.96. The number of amides is 1. The fraction of sp³-hybridized carbons (Fsp3) is 0.300. The molecule has 3 aromatic carbocycles. The number of anilines is 3. The monoisotopic (exact) mass is 624 g/mol. The second-order valence-electron chi connectivity index (χ2n) is 10.7. The first-order valence-corrected chi connectivity index (χ1v) is 15.5. The number of halogens is 1. The minimum Gasteiger partial charge on any atom is -0.497 e. The van der Waals surface area contributed by atoms with Crippen LogP contribution < -0.4 is 20.1 Å². The summed E-state index contributed by atoms with van der Waals surface area (Å²) in [5, 5.41) is 6.48. The van der Waals surface area contributed by atoms with Gasteiger partial charge in [-0.1, -0.05) is 29.8 Å². The maximum atomic E-state index is 13.6. The van der Waals surface area contributed by atoms with Gasteiger partial charge >= 0.3 is 0 Å². The number of nitrogens with one attached hydrogen (secondary N) is 3. The molecule has 3 N–H and O–H groups in total. The normalized spacial score (nSPS) is 14.3. The molecule has 0 bridgehead atoms. The highest BCUT2D eigenvalue weighted by Gasteiger charge is 2.27. The maximum absolute atomic E-state index is 13.6. The van der Waals surface area contributed by atoms with Gasteiger partial charge in [0, 0.05) is 36.8 Å². The summed E-state index contributed by atoms with van der Waals surface area (Å²) < 4.78 is 40.5. The molecule has 1 fully saturated rings. The van der Waals surface area contributed by atoms with Crippen molar-refractivity contribution >= 4 is 55.9 Å². The van der Waals surface area contributed by atoms with Crippen molar-refractivity contribution in [2.45, 2.75) is 24.3 Å². The van der Waals surface area contributed by atoms with Gasteiger partial charge in [0.25, 0.3) is 15.9 Å². The molecule has 43 heavy (non-hydrogen) atoms. The standard InChI is InChI=1S/C30H33ClN6O5S/c1-30(2,19-37-13-15-42-16-14-37)35-29(38)20-7-6-8-22(17-20)43(39,40)36-28-27(32-24-9-4-5-10-25(24)33-28)34-26-18-21(41-3)11-12-23(26)31/h4-12,17-18H,13-16,19H2,1-3H3,(H,32,34)(H,33,36)(H,35,38). The first-order valence-electron chi connectivity index (χ1n) is 13.7. The third kappa shape index (κ3) is 7.52. The highest BCUT2D eigenvalue weighted by Crippen LogP contribution is 2.32. The van der Waals surface area contributed by atoms with Gasteiger partial charge in [0.2, 0.25) is 0 Å². The summed E-state index contributed by atoms with van der Waals surface area (Å²) >= 11 is 6.40. The van der Waals surface area contributed by atoms with Crippen LogP contribution >= 0.6 is 11.6 Å². The first-order chi connectivity index (χ1) is 20.5. The molecule has 13 heteroatoms. The van der Waals surface area contributed by atoms with Crippen molar-refractivity contribution in [3.05, 3.63) is 77.3 Å². The van der Waals surface area contributed by atoms with Crippen LogP contribution in [0.4, 0.5) is 17.3 Å². The van der Waals surface area contributed by atoms with Crippen molar-refractivity contribution < 1.29 is 22.7 Å². The van der Waals surface area contributed by atoms with Gasteiger partial charge in [0.05, 0.1) is 47.0 Å². The topological polar surface area (TPSA) is 135 Å². The second kappa shape index (κ2) is 12.7. The van der Waals surface area contributed by atoms with Gasteiger partial charge < -0.3 is 20.1 Å². The van der Waals surface area contributed by atoms with Gasteiger partial charge in [-0.3, -0.25) is 14.4 Å². The molecule has 11 nitrogen and oxygen atoms in total. The molecule has 1 aromatic heterocycles. The summed E-state index contributed by atoms with van der Waals surface area (Å²) in [6, 6.07) is 18.0. The largest absolute Gasteiger partial charge is 0.497 e. The van der Waals surface area contributed by atoms with Crippen molar-refractivity contribution in [3.8, 4) is 5.75 Å². The summed E-state index contributed by atoms with van der Waals surface area (Å²) in [5.41, 5.74) is 1.14. The van der Waals surface area contributed by atoms with E-state index >= 15 is 0 Å². The molecule has 0 radical (unpaired) electrons. The quantitative estimate of drug-likeness (QED) is 0.230. The number of para-hydroxylation sites is 2. The molecule has 1 aliphatic heterocycles. The van der Waals surface area contributed by atoms with Crippen LogP contribution in [-0.4, -0.2) is 74.7 Å². The zero-order chi connectivity index (χ0) is 30.6. The minimum absolute atomic E-state index is 0.0425. The van der Waals surface area contributed by atoms with Crippen LogP contribution in [0.5, 0.6) is 5.75 Å². The Morgan fingerprint density at radius 3 is 2.40 bits per heavy atom. The molecular weight excluding hydrogens is 592 g/mol. The SMILES string of the molecule is COc1ccc(Cl)c(Nc2nc3ccccc3nc2NS(=O)(=O)c2cccc(C(=O)NC(C)(C)CN3CCOCC3)c2)c1. The molecule has 0 aliphatic carbocycles. The number of morpholine rings is 1. The van der Waals surface area contributed by atoms with E-state index in [1.807, 2.05) is 19.9 Å². The lowest BCUT2D eigenvalue weighted by atomic mass is 10.0. The predicted molar refractivity (Wildman–Crippen MR) is 167 cm³/mol. The molecule has 0 spiro atoms. The fourth-order valence-electron chi connectivity index (χ4n) is 4.74. The molecule has 0 saturated carbocycles. The van der Waals surface area contributed by atoms with Crippen LogP contribution in [0.3, 0.4) is 0 Å². The van der Waals surface area contributed by atoms with Crippen LogP contribution in [0.25, 0.3) is 11.0 Å². The molecule has 4 aromatic rings. The summed E-state index contributed by atoms with van der Waals surface area (Å²) in [6.07, 6.45) is 0. The summed E-state index contributed by atoms with van der Waals surface area (Å²) in [7, 11) is -2.66. The summed E-state index contributed by atoms with van der Waals surface area (Å²) in [5.74, 6) is 0.261. The van der Waals surface area contributed by atoms with E-state index in [-0.39, 0.29) is 28.0 Å². The van der Waals surface area contributed by atoms with E-state index in [1.165, 1.54) is 25.3 Å². The van der Waals surface area contributed by atoms with Gasteiger partial charge in [0.15, 0.2) is 11.6 Å². The number of methoxy groups -OCH3 is 1. The van der Waals surface area contributed by atoms with Gasteiger partial charge in [-0.25, -0.2) is 18.4 Å². The van der Waals surface area contributed by atoms with E-state index in [9.17, 15) is 13.2 Å². The minimum atomic E-state index is -4.19. The number of benzene rings is 3. The van der Waals surface area contributed by atoms with E-state index in [0.717, 1.165) is 13.1 Å². The number of hydrogen-bond donors (Lipinski definition) is 3. The zero-order valence-corrected chi connectivity index (χ0v) is 25.6. The Kier molecular flexibility index (Phi) is 9.02. The molecule has 226 valence electrons. The van der Waals surface area contributed by atoms with E-state index in [0.29, 0.717) is 47.3 Å². The molecule has 1 amide bonds. The van der Waals surface area contributed by atoms with Crippen LogP contribution in [0, 0.1) is 0 Å².